The number of ether oxygens (including phenoxy) is 1. The van der Waals surface area contributed by atoms with Gasteiger partial charge in [-0.3, -0.25) is 0 Å². The largest absolute Gasteiger partial charge is 0.495 e. The van der Waals surface area contributed by atoms with Crippen LogP contribution in [0, 0.1) is 6.92 Å². The number of hydrogen-bond acceptors (Lipinski definition) is 7. The Kier molecular flexibility index (Phi) is 6.86. The Morgan fingerprint density at radius 2 is 1.71 bits per heavy atom. The highest BCUT2D eigenvalue weighted by molar-refractivity contribution is 5.58. The van der Waals surface area contributed by atoms with Crippen LogP contribution in [0.4, 0.5) is 5.69 Å². The van der Waals surface area contributed by atoms with Gasteiger partial charge in [0.25, 0.3) is 0 Å². The molecule has 1 rings (SSSR count). The number of aryl methyl sites for hydroxylation is 1. The van der Waals surface area contributed by atoms with E-state index in [1.54, 1.807) is 6.07 Å². The van der Waals surface area contributed by atoms with Crippen molar-refractivity contribution in [2.45, 2.75) is 31.3 Å². The first-order chi connectivity index (χ1) is 9.90. The smallest absolute Gasteiger partial charge is 0.141 e. The van der Waals surface area contributed by atoms with Crippen molar-refractivity contribution in [2.75, 3.05) is 25.6 Å². The van der Waals surface area contributed by atoms with Gasteiger partial charge in [0.15, 0.2) is 0 Å². The van der Waals surface area contributed by atoms with Crippen molar-refractivity contribution in [2.24, 2.45) is 0 Å². The van der Waals surface area contributed by atoms with Crippen molar-refractivity contribution < 1.29 is 30.3 Å². The second-order valence-corrected chi connectivity index (χ2v) is 4.88. The summed E-state index contributed by atoms with van der Waals surface area (Å²) in [4.78, 5) is 0. The summed E-state index contributed by atoms with van der Waals surface area (Å²) in [6.45, 7) is 1.14. The van der Waals surface area contributed by atoms with Gasteiger partial charge in [-0.2, -0.15) is 0 Å². The van der Waals surface area contributed by atoms with E-state index in [0.717, 1.165) is 5.56 Å². The first-order valence-electron chi connectivity index (χ1n) is 6.62. The number of hydrogen-bond donors (Lipinski definition) is 6. The van der Waals surface area contributed by atoms with Gasteiger partial charge in [-0.1, -0.05) is 6.07 Å². The van der Waals surface area contributed by atoms with Gasteiger partial charge in [-0.05, 0) is 24.6 Å². The maximum atomic E-state index is 9.82. The topological polar surface area (TPSA) is 122 Å². The fourth-order valence-electron chi connectivity index (χ4n) is 1.86. The molecule has 7 nitrogen and oxygen atoms in total. The summed E-state index contributed by atoms with van der Waals surface area (Å²) in [5, 5.41) is 49.9. The molecule has 0 aliphatic carbocycles. The predicted molar refractivity (Wildman–Crippen MR) is 77.3 cm³/mol. The zero-order valence-electron chi connectivity index (χ0n) is 12.1. The van der Waals surface area contributed by atoms with Crippen LogP contribution < -0.4 is 10.1 Å². The van der Waals surface area contributed by atoms with Crippen LogP contribution in [-0.4, -0.2) is 70.2 Å². The Morgan fingerprint density at radius 1 is 1.10 bits per heavy atom. The summed E-state index contributed by atoms with van der Waals surface area (Å²) >= 11 is 0. The molecule has 0 aliphatic heterocycles. The molecular weight excluding hydrogens is 278 g/mol. The van der Waals surface area contributed by atoms with Crippen LogP contribution in [0.25, 0.3) is 0 Å². The van der Waals surface area contributed by atoms with E-state index in [0.29, 0.717) is 11.4 Å². The Labute approximate surface area is 123 Å². The molecule has 0 fully saturated rings. The van der Waals surface area contributed by atoms with Crippen LogP contribution in [0.1, 0.15) is 5.56 Å². The lowest BCUT2D eigenvalue weighted by molar-refractivity contribution is -0.111. The molecule has 120 valence electrons. The molecule has 6 N–H and O–H groups in total. The van der Waals surface area contributed by atoms with Crippen molar-refractivity contribution in [3.63, 3.8) is 0 Å². The fraction of sp³-hybridized carbons (Fsp3) is 0.571. The number of anilines is 1. The zero-order chi connectivity index (χ0) is 16.0. The van der Waals surface area contributed by atoms with Gasteiger partial charge in [0.1, 0.15) is 24.1 Å². The summed E-state index contributed by atoms with van der Waals surface area (Å²) in [5.41, 5.74) is 1.63. The van der Waals surface area contributed by atoms with Crippen LogP contribution >= 0.6 is 0 Å². The van der Waals surface area contributed by atoms with E-state index in [9.17, 15) is 20.4 Å². The van der Waals surface area contributed by atoms with E-state index in [2.05, 4.69) is 5.32 Å². The van der Waals surface area contributed by atoms with Crippen molar-refractivity contribution in [3.05, 3.63) is 23.8 Å². The van der Waals surface area contributed by atoms with Gasteiger partial charge < -0.3 is 35.6 Å². The Balaban J connectivity index is 2.64. The molecule has 1 aromatic carbocycles. The van der Waals surface area contributed by atoms with Gasteiger partial charge in [0.2, 0.25) is 0 Å². The van der Waals surface area contributed by atoms with Gasteiger partial charge in [0, 0.05) is 6.54 Å². The maximum Gasteiger partial charge on any atom is 0.141 e. The monoisotopic (exact) mass is 301 g/mol. The quantitative estimate of drug-likeness (QED) is 0.358. The van der Waals surface area contributed by atoms with Gasteiger partial charge in [-0.25, -0.2) is 0 Å². The first-order valence-corrected chi connectivity index (χ1v) is 6.62. The van der Waals surface area contributed by atoms with E-state index >= 15 is 0 Å². The third-order valence-electron chi connectivity index (χ3n) is 3.18. The lowest BCUT2D eigenvalue weighted by Crippen LogP contribution is -2.48. The molecule has 0 aliphatic rings. The summed E-state index contributed by atoms with van der Waals surface area (Å²) < 4.78 is 5.17. The van der Waals surface area contributed by atoms with Crippen LogP contribution in [0.3, 0.4) is 0 Å². The molecule has 0 saturated carbocycles. The van der Waals surface area contributed by atoms with Crippen molar-refractivity contribution in [3.8, 4) is 5.75 Å². The Hall–Kier alpha value is -1.38. The summed E-state index contributed by atoms with van der Waals surface area (Å²) in [7, 11) is 1.52. The molecule has 0 aromatic heterocycles. The molecule has 4 unspecified atom stereocenters. The highest BCUT2D eigenvalue weighted by Gasteiger charge is 2.29. The van der Waals surface area contributed by atoms with E-state index in [-0.39, 0.29) is 6.54 Å². The van der Waals surface area contributed by atoms with Gasteiger partial charge >= 0.3 is 0 Å². The molecule has 0 saturated heterocycles. The molecule has 0 heterocycles. The molecule has 4 atom stereocenters. The lowest BCUT2D eigenvalue weighted by atomic mass is 10.0. The third-order valence-corrected chi connectivity index (χ3v) is 3.18. The normalized spacial score (nSPS) is 16.9. The minimum atomic E-state index is -1.63. The van der Waals surface area contributed by atoms with Gasteiger partial charge in [-0.15, -0.1) is 0 Å². The summed E-state index contributed by atoms with van der Waals surface area (Å²) in [6, 6.07) is 5.46. The Morgan fingerprint density at radius 3 is 2.29 bits per heavy atom. The predicted octanol–water partition coefficient (Wildman–Crippen LogP) is -1.15. The van der Waals surface area contributed by atoms with Crippen LogP contribution in [-0.2, 0) is 0 Å². The first kappa shape index (κ1) is 17.7. The average molecular weight is 301 g/mol. The van der Waals surface area contributed by atoms with Gasteiger partial charge in [0.05, 0.1) is 25.5 Å². The molecule has 0 amide bonds. The average Bonchev–Trinajstić information content (AvgIpc) is 2.50. The molecule has 1 aromatic rings. The van der Waals surface area contributed by atoms with Crippen molar-refractivity contribution in [1.29, 1.82) is 0 Å². The van der Waals surface area contributed by atoms with E-state index in [1.807, 2.05) is 19.1 Å². The molecular formula is C14H23NO6. The van der Waals surface area contributed by atoms with Crippen molar-refractivity contribution in [1.82, 2.24) is 0 Å². The number of aliphatic hydroxyl groups is 5. The Bertz CT molecular complexity index is 441. The second kappa shape index (κ2) is 8.16. The molecule has 7 heteroatoms. The minimum Gasteiger partial charge on any atom is -0.495 e. The fourth-order valence-corrected chi connectivity index (χ4v) is 1.86. The number of benzene rings is 1. The second-order valence-electron chi connectivity index (χ2n) is 4.88. The highest BCUT2D eigenvalue weighted by atomic mass is 16.5. The molecule has 0 bridgehead atoms. The standard InChI is InChI=1S/C14H23NO6/c1-8-3-4-12(21-2)9(5-8)15-6-10(17)13(19)14(20)11(18)7-16/h3-5,10-11,13-20H,6-7H2,1-2H3. The van der Waals surface area contributed by atoms with Crippen molar-refractivity contribution >= 4 is 5.69 Å². The maximum absolute atomic E-state index is 9.82. The lowest BCUT2D eigenvalue weighted by Gasteiger charge is -2.26. The molecule has 0 spiro atoms. The van der Waals surface area contributed by atoms with E-state index in [4.69, 9.17) is 9.84 Å². The summed E-state index contributed by atoms with van der Waals surface area (Å²) in [5.74, 6) is 0.582. The van der Waals surface area contributed by atoms with E-state index in [1.165, 1.54) is 7.11 Å². The number of methoxy groups -OCH3 is 1. The number of aliphatic hydroxyl groups excluding tert-OH is 5. The summed E-state index contributed by atoms with van der Waals surface area (Å²) in [6.07, 6.45) is -6.06. The highest BCUT2D eigenvalue weighted by Crippen LogP contribution is 2.25. The zero-order valence-corrected chi connectivity index (χ0v) is 12.1. The van der Waals surface area contributed by atoms with Crippen LogP contribution in [0.2, 0.25) is 0 Å². The third kappa shape index (κ3) is 4.83. The number of rotatable bonds is 8. The van der Waals surface area contributed by atoms with E-state index < -0.39 is 31.0 Å². The minimum absolute atomic E-state index is 0.0593. The number of nitrogens with one attached hydrogen (secondary N) is 1. The van der Waals surface area contributed by atoms with Crippen LogP contribution in [0.5, 0.6) is 5.75 Å². The molecule has 21 heavy (non-hydrogen) atoms. The molecule has 0 radical (unpaired) electrons. The SMILES string of the molecule is COc1ccc(C)cc1NCC(O)C(O)C(O)C(O)CO. The van der Waals surface area contributed by atoms with Crippen LogP contribution in [0.15, 0.2) is 18.2 Å².